The molecule has 1 atom stereocenters. The molecular weight excluding hydrogens is 578 g/mol. The number of rotatable bonds is 9. The van der Waals surface area contributed by atoms with Crippen molar-refractivity contribution in [1.29, 1.82) is 0 Å². The standard InChI is InChI=1S/C27H30F6N2O3S2/c1-34-19(6-7-27(31,32)33)12-35(18-4-2-17(28)3-5-18)21-8-24(39-20-10-26(29,30)11-20)22(9-23(21)40-34)38-16-25(13-36)14-37-15-25/h2-5,8-9,19-20,36H,6-7,10-16H2,1H3/t19-/m1/s1. The minimum atomic E-state index is -4.31. The first kappa shape index (κ1) is 29.7. The summed E-state index contributed by atoms with van der Waals surface area (Å²) in [6, 6.07) is 8.83. The van der Waals surface area contributed by atoms with Gasteiger partial charge in [-0.1, -0.05) is 0 Å². The molecule has 2 fully saturated rings. The number of likely N-dealkylation sites (N-methyl/N-ethyl adjacent to an activating group) is 1. The largest absolute Gasteiger partial charge is 0.492 e. The summed E-state index contributed by atoms with van der Waals surface area (Å²) < 4.78 is 93.8. The molecule has 5 rings (SSSR count). The molecule has 2 heterocycles. The van der Waals surface area contributed by atoms with Crippen LogP contribution in [0, 0.1) is 11.2 Å². The number of aliphatic hydroxyl groups excluding tert-OH is 1. The van der Waals surface area contributed by atoms with Crippen molar-refractivity contribution in [2.45, 2.75) is 58.9 Å². The quantitative estimate of drug-likeness (QED) is 0.245. The van der Waals surface area contributed by atoms with Gasteiger partial charge in [0.15, 0.2) is 0 Å². The molecular formula is C27H30F6N2O3S2. The lowest BCUT2D eigenvalue weighted by molar-refractivity contribution is -0.153. The van der Waals surface area contributed by atoms with Crippen LogP contribution in [0.4, 0.5) is 37.7 Å². The smallest absolute Gasteiger partial charge is 0.389 e. The van der Waals surface area contributed by atoms with E-state index in [2.05, 4.69) is 0 Å². The summed E-state index contributed by atoms with van der Waals surface area (Å²) in [5, 5.41) is 9.52. The van der Waals surface area contributed by atoms with Crippen LogP contribution in [0.25, 0.3) is 0 Å². The topological polar surface area (TPSA) is 45.2 Å². The molecule has 220 valence electrons. The van der Waals surface area contributed by atoms with Gasteiger partial charge in [-0.25, -0.2) is 17.5 Å². The van der Waals surface area contributed by atoms with Crippen molar-refractivity contribution >= 4 is 35.1 Å². The second-order valence-corrected chi connectivity index (χ2v) is 13.3. The number of anilines is 2. The SMILES string of the molecule is CN1Sc2cc(OCC3(CO)COC3)c(SC3CC(F)(F)C3)cc2N(c2ccc(F)cc2)C[C@H]1CCC(F)(F)F. The van der Waals surface area contributed by atoms with Crippen molar-refractivity contribution in [3.05, 3.63) is 42.2 Å². The second-order valence-electron chi connectivity index (χ2n) is 10.7. The Hall–Kier alpha value is -1.80. The highest BCUT2D eigenvalue weighted by Gasteiger charge is 2.46. The van der Waals surface area contributed by atoms with Gasteiger partial charge in [-0.2, -0.15) is 13.2 Å². The molecule has 2 aromatic rings. The predicted molar refractivity (Wildman–Crippen MR) is 142 cm³/mol. The number of nitrogens with zero attached hydrogens (tertiary/aromatic N) is 2. The van der Waals surface area contributed by atoms with Crippen LogP contribution >= 0.6 is 23.7 Å². The molecule has 1 saturated carbocycles. The third-order valence-electron chi connectivity index (χ3n) is 7.40. The zero-order chi connectivity index (χ0) is 28.7. The minimum absolute atomic E-state index is 0.133. The summed E-state index contributed by atoms with van der Waals surface area (Å²) in [7, 11) is 1.73. The molecule has 0 amide bonds. The maximum Gasteiger partial charge on any atom is 0.389 e. The van der Waals surface area contributed by atoms with Crippen LogP contribution in [-0.2, 0) is 4.74 Å². The Morgan fingerprint density at radius 1 is 1.15 bits per heavy atom. The molecule has 40 heavy (non-hydrogen) atoms. The van der Waals surface area contributed by atoms with Crippen molar-refractivity contribution in [2.75, 3.05) is 44.9 Å². The first-order valence-corrected chi connectivity index (χ1v) is 14.6. The number of ether oxygens (including phenoxy) is 2. The monoisotopic (exact) mass is 608 g/mol. The first-order chi connectivity index (χ1) is 18.9. The van der Waals surface area contributed by atoms with Crippen LogP contribution < -0.4 is 9.64 Å². The van der Waals surface area contributed by atoms with Crippen molar-refractivity contribution < 1.29 is 40.9 Å². The summed E-state index contributed by atoms with van der Waals surface area (Å²) in [5.41, 5.74) is 0.717. The van der Waals surface area contributed by atoms with E-state index in [1.807, 2.05) is 11.0 Å². The van der Waals surface area contributed by atoms with E-state index in [4.69, 9.17) is 9.47 Å². The Balaban J connectivity index is 1.51. The van der Waals surface area contributed by atoms with E-state index < -0.39 is 35.8 Å². The summed E-state index contributed by atoms with van der Waals surface area (Å²) >= 11 is 2.56. The van der Waals surface area contributed by atoms with Gasteiger partial charge in [0.25, 0.3) is 0 Å². The lowest BCUT2D eigenvalue weighted by Gasteiger charge is -2.39. The molecule has 3 aliphatic rings. The van der Waals surface area contributed by atoms with Crippen LogP contribution in [0.3, 0.4) is 0 Å². The molecule has 13 heteroatoms. The average molecular weight is 609 g/mol. The molecule has 1 saturated heterocycles. The maximum atomic E-state index is 13.8. The third kappa shape index (κ3) is 6.80. The highest BCUT2D eigenvalue weighted by molar-refractivity contribution is 8.00. The van der Waals surface area contributed by atoms with Crippen molar-refractivity contribution in [3.63, 3.8) is 0 Å². The Labute approximate surface area is 237 Å². The molecule has 0 unspecified atom stereocenters. The summed E-state index contributed by atoms with van der Waals surface area (Å²) in [5.74, 6) is -2.70. The normalized spacial score (nSPS) is 22.7. The molecule has 0 bridgehead atoms. The summed E-state index contributed by atoms with van der Waals surface area (Å²) in [4.78, 5) is 3.17. The van der Waals surface area contributed by atoms with Gasteiger partial charge in [0, 0.05) is 42.8 Å². The van der Waals surface area contributed by atoms with E-state index in [1.54, 1.807) is 29.6 Å². The zero-order valence-electron chi connectivity index (χ0n) is 21.7. The van der Waals surface area contributed by atoms with Gasteiger partial charge in [0.2, 0.25) is 5.92 Å². The van der Waals surface area contributed by atoms with E-state index in [-0.39, 0.29) is 44.3 Å². The van der Waals surface area contributed by atoms with Crippen LogP contribution in [0.1, 0.15) is 25.7 Å². The van der Waals surface area contributed by atoms with E-state index in [9.17, 15) is 31.4 Å². The molecule has 0 spiro atoms. The van der Waals surface area contributed by atoms with Gasteiger partial charge >= 0.3 is 6.18 Å². The number of halogens is 6. The molecule has 0 radical (unpaired) electrons. The van der Waals surface area contributed by atoms with Crippen LogP contribution in [0.15, 0.2) is 46.2 Å². The number of aliphatic hydroxyl groups is 1. The Morgan fingerprint density at radius 2 is 1.85 bits per heavy atom. The third-order valence-corrected chi connectivity index (χ3v) is 9.75. The fourth-order valence-electron chi connectivity index (χ4n) is 4.85. The Kier molecular flexibility index (Phi) is 8.51. The van der Waals surface area contributed by atoms with Crippen molar-refractivity contribution in [2.24, 2.45) is 5.41 Å². The van der Waals surface area contributed by atoms with Gasteiger partial charge < -0.3 is 19.5 Å². The van der Waals surface area contributed by atoms with Crippen LogP contribution in [-0.4, -0.2) is 72.8 Å². The highest BCUT2D eigenvalue weighted by Crippen LogP contribution is 2.52. The maximum absolute atomic E-state index is 13.8. The van der Waals surface area contributed by atoms with E-state index in [0.717, 1.165) is 0 Å². The molecule has 1 aliphatic carbocycles. The predicted octanol–water partition coefficient (Wildman–Crippen LogP) is 6.90. The number of hydrogen-bond acceptors (Lipinski definition) is 7. The fraction of sp³-hybridized carbons (Fsp3) is 0.556. The van der Waals surface area contributed by atoms with Crippen molar-refractivity contribution in [3.8, 4) is 5.75 Å². The van der Waals surface area contributed by atoms with Gasteiger partial charge in [-0.3, -0.25) is 0 Å². The van der Waals surface area contributed by atoms with Crippen LogP contribution in [0.5, 0.6) is 5.75 Å². The number of benzene rings is 2. The second kappa shape index (κ2) is 11.5. The van der Waals surface area contributed by atoms with E-state index >= 15 is 0 Å². The number of fused-ring (bicyclic) bond motifs is 1. The highest BCUT2D eigenvalue weighted by atomic mass is 32.2. The molecule has 0 aromatic heterocycles. The minimum Gasteiger partial charge on any atom is -0.492 e. The lowest BCUT2D eigenvalue weighted by Crippen LogP contribution is -2.50. The van der Waals surface area contributed by atoms with E-state index in [1.165, 1.54) is 35.8 Å². The van der Waals surface area contributed by atoms with Gasteiger partial charge in [0.1, 0.15) is 18.2 Å². The van der Waals surface area contributed by atoms with E-state index in [0.29, 0.717) is 40.1 Å². The van der Waals surface area contributed by atoms with Crippen LogP contribution in [0.2, 0.25) is 0 Å². The van der Waals surface area contributed by atoms with Gasteiger partial charge in [0.05, 0.1) is 40.7 Å². The van der Waals surface area contributed by atoms with Gasteiger partial charge in [-0.15, -0.1) is 11.8 Å². The van der Waals surface area contributed by atoms with Gasteiger partial charge in [-0.05, 0) is 61.8 Å². The lowest BCUT2D eigenvalue weighted by atomic mass is 9.88. The molecule has 2 aromatic carbocycles. The average Bonchev–Trinajstić information content (AvgIpc) is 2.97. The number of alkyl halides is 5. The summed E-state index contributed by atoms with van der Waals surface area (Å²) in [6.07, 6.45) is -5.93. The fourth-order valence-corrected chi connectivity index (χ4v) is 7.33. The summed E-state index contributed by atoms with van der Waals surface area (Å²) in [6.45, 7) is 0.902. The molecule has 1 N–H and O–H groups in total. The Morgan fingerprint density at radius 3 is 2.42 bits per heavy atom. The molecule has 5 nitrogen and oxygen atoms in total. The zero-order valence-corrected chi connectivity index (χ0v) is 23.4. The number of thioether (sulfide) groups is 1. The first-order valence-electron chi connectivity index (χ1n) is 12.9. The van der Waals surface area contributed by atoms with Crippen molar-refractivity contribution in [1.82, 2.24) is 4.31 Å². The number of hydrogen-bond donors (Lipinski definition) is 1. The Bertz CT molecular complexity index is 1180. The molecule has 2 aliphatic heterocycles.